The summed E-state index contributed by atoms with van der Waals surface area (Å²) in [6, 6.07) is 5.98. The Morgan fingerprint density at radius 2 is 1.64 bits per heavy atom. The first-order valence-corrected chi connectivity index (χ1v) is 7.26. The van der Waals surface area contributed by atoms with Crippen molar-refractivity contribution >= 4 is 23.5 Å². The number of rotatable bonds is 2. The minimum absolute atomic E-state index is 0.0680. The zero-order chi connectivity index (χ0) is 16.0. The van der Waals surface area contributed by atoms with Crippen LogP contribution in [-0.4, -0.2) is 22.9 Å². The van der Waals surface area contributed by atoms with Crippen molar-refractivity contribution in [2.45, 2.75) is 26.7 Å². The molecule has 1 aromatic rings. The minimum Gasteiger partial charge on any atom is -0.478 e. The lowest BCUT2D eigenvalue weighted by Gasteiger charge is -2.23. The van der Waals surface area contributed by atoms with Gasteiger partial charge in [0.05, 0.1) is 23.1 Å². The van der Waals surface area contributed by atoms with Gasteiger partial charge >= 0.3 is 5.97 Å². The molecule has 2 unspecified atom stereocenters. The first-order valence-electron chi connectivity index (χ1n) is 7.26. The lowest BCUT2D eigenvalue weighted by Crippen LogP contribution is -2.31. The average molecular weight is 299 g/mol. The van der Waals surface area contributed by atoms with Gasteiger partial charge in [-0.05, 0) is 44.9 Å². The Balaban J connectivity index is 1.97. The molecule has 0 radical (unpaired) electrons. The molecule has 1 saturated heterocycles. The fraction of sp³-hybridized carbons (Fsp3) is 0.353. The molecule has 3 rings (SSSR count). The molecule has 0 aromatic heterocycles. The summed E-state index contributed by atoms with van der Waals surface area (Å²) >= 11 is 0. The Morgan fingerprint density at radius 3 is 2.14 bits per heavy atom. The van der Waals surface area contributed by atoms with E-state index in [9.17, 15) is 14.4 Å². The average Bonchev–Trinajstić information content (AvgIpc) is 2.71. The Bertz CT molecular complexity index is 687. The maximum Gasteiger partial charge on any atom is 0.335 e. The maximum atomic E-state index is 12.6. The van der Waals surface area contributed by atoms with Crippen molar-refractivity contribution in [3.63, 3.8) is 0 Å². The smallest absolute Gasteiger partial charge is 0.335 e. The van der Waals surface area contributed by atoms with E-state index in [4.69, 9.17) is 5.11 Å². The lowest BCUT2D eigenvalue weighted by atomic mass is 9.78. The van der Waals surface area contributed by atoms with Crippen LogP contribution in [0.25, 0.3) is 0 Å². The molecule has 1 heterocycles. The van der Waals surface area contributed by atoms with Gasteiger partial charge in [-0.1, -0.05) is 17.2 Å². The molecular weight excluding hydrogens is 282 g/mol. The second-order valence-corrected chi connectivity index (χ2v) is 6.05. The van der Waals surface area contributed by atoms with Crippen LogP contribution < -0.4 is 4.90 Å². The van der Waals surface area contributed by atoms with Crippen LogP contribution in [0, 0.1) is 11.8 Å². The van der Waals surface area contributed by atoms with Gasteiger partial charge in [0.25, 0.3) is 0 Å². The molecule has 5 nitrogen and oxygen atoms in total. The third kappa shape index (κ3) is 2.13. The van der Waals surface area contributed by atoms with Crippen molar-refractivity contribution in [2.24, 2.45) is 11.8 Å². The Kier molecular flexibility index (Phi) is 3.35. The largest absolute Gasteiger partial charge is 0.478 e. The van der Waals surface area contributed by atoms with Crippen LogP contribution in [-0.2, 0) is 9.59 Å². The van der Waals surface area contributed by atoms with Crippen molar-refractivity contribution < 1.29 is 19.5 Å². The molecule has 1 aliphatic carbocycles. The number of imide groups is 1. The molecule has 0 bridgehead atoms. The quantitative estimate of drug-likeness (QED) is 0.673. The Labute approximate surface area is 128 Å². The predicted molar refractivity (Wildman–Crippen MR) is 80.5 cm³/mol. The van der Waals surface area contributed by atoms with E-state index in [2.05, 4.69) is 0 Å². The summed E-state index contributed by atoms with van der Waals surface area (Å²) in [5.41, 5.74) is 2.75. The third-order valence-corrected chi connectivity index (χ3v) is 4.69. The van der Waals surface area contributed by atoms with Gasteiger partial charge in [-0.25, -0.2) is 4.79 Å². The number of carboxylic acid groups (broad SMARTS) is 1. The fourth-order valence-electron chi connectivity index (χ4n) is 3.28. The van der Waals surface area contributed by atoms with Gasteiger partial charge in [-0.2, -0.15) is 0 Å². The van der Waals surface area contributed by atoms with E-state index in [0.717, 1.165) is 4.90 Å². The number of carbonyl (C=O) groups is 3. The van der Waals surface area contributed by atoms with Gasteiger partial charge in [-0.3, -0.25) is 14.5 Å². The number of fused-ring (bicyclic) bond motifs is 1. The monoisotopic (exact) mass is 299 g/mol. The summed E-state index contributed by atoms with van der Waals surface area (Å²) in [5.74, 6) is -2.14. The van der Waals surface area contributed by atoms with Crippen molar-refractivity contribution in [3.05, 3.63) is 41.0 Å². The number of carboxylic acids is 1. The SMILES string of the molecule is CC1=C(C)CC2C(=O)N(c3cccc(C(=O)O)c3)C(=O)C2C1. The predicted octanol–water partition coefficient (Wildman–Crippen LogP) is 2.62. The van der Waals surface area contributed by atoms with E-state index < -0.39 is 5.97 Å². The highest BCUT2D eigenvalue weighted by Gasteiger charge is 2.49. The molecule has 0 spiro atoms. The third-order valence-electron chi connectivity index (χ3n) is 4.69. The van der Waals surface area contributed by atoms with Gasteiger partial charge in [0, 0.05) is 0 Å². The van der Waals surface area contributed by atoms with E-state index in [1.54, 1.807) is 12.1 Å². The number of hydrogen-bond donors (Lipinski definition) is 1. The van der Waals surface area contributed by atoms with Gasteiger partial charge in [0.2, 0.25) is 11.8 Å². The van der Waals surface area contributed by atoms with Gasteiger partial charge in [0.15, 0.2) is 0 Å². The number of nitrogens with zero attached hydrogens (tertiary/aromatic N) is 1. The number of anilines is 1. The van der Waals surface area contributed by atoms with E-state index in [-0.39, 0.29) is 29.2 Å². The van der Waals surface area contributed by atoms with E-state index >= 15 is 0 Å². The van der Waals surface area contributed by atoms with Crippen LogP contribution in [0.2, 0.25) is 0 Å². The summed E-state index contributed by atoms with van der Waals surface area (Å²) < 4.78 is 0. The van der Waals surface area contributed by atoms with Crippen LogP contribution in [0.4, 0.5) is 5.69 Å². The molecule has 2 amide bonds. The van der Waals surface area contributed by atoms with Crippen LogP contribution in [0.1, 0.15) is 37.0 Å². The van der Waals surface area contributed by atoms with Gasteiger partial charge in [0.1, 0.15) is 0 Å². The molecular formula is C17H17NO4. The molecule has 1 N–H and O–H groups in total. The van der Waals surface area contributed by atoms with Crippen molar-refractivity contribution in [1.82, 2.24) is 0 Å². The minimum atomic E-state index is -1.08. The highest BCUT2D eigenvalue weighted by molar-refractivity contribution is 6.22. The molecule has 1 fully saturated rings. The zero-order valence-corrected chi connectivity index (χ0v) is 12.5. The maximum absolute atomic E-state index is 12.6. The normalized spacial score (nSPS) is 24.7. The van der Waals surface area contributed by atoms with E-state index in [1.807, 2.05) is 13.8 Å². The van der Waals surface area contributed by atoms with Crippen molar-refractivity contribution in [2.75, 3.05) is 4.90 Å². The molecule has 2 aliphatic rings. The van der Waals surface area contributed by atoms with Crippen LogP contribution in [0.5, 0.6) is 0 Å². The highest BCUT2D eigenvalue weighted by Crippen LogP contribution is 2.42. The molecule has 1 aliphatic heterocycles. The molecule has 0 saturated carbocycles. The topological polar surface area (TPSA) is 74.7 Å². The summed E-state index contributed by atoms with van der Waals surface area (Å²) in [6.45, 7) is 3.99. The Hall–Kier alpha value is -2.43. The Morgan fingerprint density at radius 1 is 1.09 bits per heavy atom. The van der Waals surface area contributed by atoms with Crippen LogP contribution in [0.3, 0.4) is 0 Å². The van der Waals surface area contributed by atoms with Crippen molar-refractivity contribution in [3.8, 4) is 0 Å². The van der Waals surface area contributed by atoms with Gasteiger partial charge < -0.3 is 5.11 Å². The van der Waals surface area contributed by atoms with E-state index in [1.165, 1.54) is 23.3 Å². The first-order chi connectivity index (χ1) is 10.4. The zero-order valence-electron chi connectivity index (χ0n) is 12.5. The fourth-order valence-corrected chi connectivity index (χ4v) is 3.28. The molecule has 22 heavy (non-hydrogen) atoms. The molecule has 114 valence electrons. The molecule has 5 heteroatoms. The number of benzene rings is 1. The number of aromatic carboxylic acids is 1. The number of amides is 2. The van der Waals surface area contributed by atoms with Gasteiger partial charge in [-0.15, -0.1) is 0 Å². The summed E-state index contributed by atoms with van der Waals surface area (Å²) in [7, 11) is 0. The molecule has 2 atom stereocenters. The number of carbonyl (C=O) groups excluding carboxylic acids is 2. The standard InChI is InChI=1S/C17H17NO4/c1-9-6-13-14(7-10(9)2)16(20)18(15(13)19)12-5-3-4-11(8-12)17(21)22/h3-5,8,13-14H,6-7H2,1-2H3,(H,21,22). The first kappa shape index (κ1) is 14.5. The van der Waals surface area contributed by atoms with Crippen LogP contribution >= 0.6 is 0 Å². The highest BCUT2D eigenvalue weighted by atomic mass is 16.4. The second-order valence-electron chi connectivity index (χ2n) is 6.05. The van der Waals surface area contributed by atoms with Crippen molar-refractivity contribution in [1.29, 1.82) is 0 Å². The number of hydrogen-bond acceptors (Lipinski definition) is 3. The van der Waals surface area contributed by atoms with Crippen LogP contribution in [0.15, 0.2) is 35.4 Å². The second kappa shape index (κ2) is 5.09. The summed E-state index contributed by atoms with van der Waals surface area (Å²) in [4.78, 5) is 37.5. The summed E-state index contributed by atoms with van der Waals surface area (Å²) in [6.07, 6.45) is 1.21. The van der Waals surface area contributed by atoms with E-state index in [0.29, 0.717) is 18.5 Å². The summed E-state index contributed by atoms with van der Waals surface area (Å²) in [5, 5.41) is 9.06. The lowest BCUT2D eigenvalue weighted by molar-refractivity contribution is -0.122. The number of allylic oxidation sites excluding steroid dienone is 2. The molecule has 1 aromatic carbocycles.